The smallest absolute Gasteiger partial charge is 0.134 e. The van der Waals surface area contributed by atoms with E-state index in [1.54, 1.807) is 0 Å². The highest BCUT2D eigenvalue weighted by Gasteiger charge is 2.33. The molecule has 0 saturated carbocycles. The van der Waals surface area contributed by atoms with Gasteiger partial charge in [-0.2, -0.15) is 0 Å². The molecular formula is C20H23ClN2O. The molecule has 4 heteroatoms. The van der Waals surface area contributed by atoms with Crippen molar-refractivity contribution in [3.8, 4) is 5.75 Å². The Balaban J connectivity index is 1.81. The van der Waals surface area contributed by atoms with Gasteiger partial charge in [0.15, 0.2) is 0 Å². The van der Waals surface area contributed by atoms with Gasteiger partial charge in [0.25, 0.3) is 0 Å². The van der Waals surface area contributed by atoms with Crippen LogP contribution in [0.25, 0.3) is 0 Å². The van der Waals surface area contributed by atoms with E-state index >= 15 is 0 Å². The van der Waals surface area contributed by atoms with Crippen molar-refractivity contribution in [3.63, 3.8) is 0 Å². The summed E-state index contributed by atoms with van der Waals surface area (Å²) < 4.78 is 0. The molecule has 0 aromatic heterocycles. The molecule has 2 heterocycles. The molecule has 126 valence electrons. The minimum absolute atomic E-state index is 0.188. The first-order valence-corrected chi connectivity index (χ1v) is 8.98. The Morgan fingerprint density at radius 2 is 1.88 bits per heavy atom. The Morgan fingerprint density at radius 3 is 2.67 bits per heavy atom. The summed E-state index contributed by atoms with van der Waals surface area (Å²) in [7, 11) is 2.20. The number of hydrogen-bond acceptors (Lipinski definition) is 3. The summed E-state index contributed by atoms with van der Waals surface area (Å²) in [6.07, 6.45) is 0.989. The van der Waals surface area contributed by atoms with Gasteiger partial charge in [0, 0.05) is 38.1 Å². The molecular weight excluding hydrogens is 320 g/mol. The number of fused-ring (bicyclic) bond motifs is 2. The van der Waals surface area contributed by atoms with Crippen LogP contribution in [-0.4, -0.2) is 54.2 Å². The second-order valence-corrected chi connectivity index (χ2v) is 7.49. The lowest BCUT2D eigenvalue weighted by Crippen LogP contribution is -2.52. The molecule has 1 fully saturated rings. The van der Waals surface area contributed by atoms with Crippen molar-refractivity contribution in [2.24, 2.45) is 0 Å². The van der Waals surface area contributed by atoms with Gasteiger partial charge in [-0.15, -0.1) is 0 Å². The molecule has 2 unspecified atom stereocenters. The maximum atomic E-state index is 10.2. The van der Waals surface area contributed by atoms with E-state index in [0.29, 0.717) is 11.1 Å². The minimum Gasteiger partial charge on any atom is -0.506 e. The van der Waals surface area contributed by atoms with Crippen LogP contribution in [0.15, 0.2) is 42.5 Å². The molecule has 3 nitrogen and oxygen atoms in total. The van der Waals surface area contributed by atoms with Crippen molar-refractivity contribution < 1.29 is 5.11 Å². The second kappa shape index (κ2) is 6.40. The zero-order valence-electron chi connectivity index (χ0n) is 14.0. The Morgan fingerprint density at radius 1 is 1.08 bits per heavy atom. The van der Waals surface area contributed by atoms with Gasteiger partial charge < -0.3 is 10.0 Å². The van der Waals surface area contributed by atoms with Crippen LogP contribution in [-0.2, 0) is 6.42 Å². The van der Waals surface area contributed by atoms with Crippen LogP contribution >= 0.6 is 11.6 Å². The Bertz CT molecular complexity index is 734. The first kappa shape index (κ1) is 15.9. The third-order valence-corrected chi connectivity index (χ3v) is 5.77. The molecule has 4 rings (SSSR count). The second-order valence-electron chi connectivity index (χ2n) is 7.08. The maximum Gasteiger partial charge on any atom is 0.134 e. The van der Waals surface area contributed by atoms with Gasteiger partial charge in [-0.25, -0.2) is 0 Å². The number of nitrogens with zero attached hydrogens (tertiary/aromatic N) is 2. The Kier molecular flexibility index (Phi) is 4.25. The predicted octanol–water partition coefficient (Wildman–Crippen LogP) is 3.35. The maximum absolute atomic E-state index is 10.2. The molecule has 1 N–H and O–H groups in total. The summed E-state index contributed by atoms with van der Waals surface area (Å²) in [6, 6.07) is 15.0. The lowest BCUT2D eigenvalue weighted by atomic mass is 9.87. The fraction of sp³-hybridized carbons (Fsp3) is 0.400. The number of likely N-dealkylation sites (N-methyl/N-ethyl adjacent to an activating group) is 1. The van der Waals surface area contributed by atoms with Crippen molar-refractivity contribution in [2.45, 2.75) is 18.4 Å². The highest BCUT2D eigenvalue weighted by Crippen LogP contribution is 2.38. The summed E-state index contributed by atoms with van der Waals surface area (Å²) in [6.45, 7) is 4.29. The van der Waals surface area contributed by atoms with Gasteiger partial charge in [0.1, 0.15) is 5.75 Å². The number of phenols is 1. The number of phenolic OH excluding ortho intramolecular Hbond substituents is 1. The van der Waals surface area contributed by atoms with E-state index in [1.807, 2.05) is 12.1 Å². The van der Waals surface area contributed by atoms with E-state index in [4.69, 9.17) is 11.6 Å². The predicted molar refractivity (Wildman–Crippen MR) is 98.0 cm³/mol. The first-order chi connectivity index (χ1) is 11.6. The minimum atomic E-state index is 0.188. The van der Waals surface area contributed by atoms with Crippen molar-refractivity contribution in [1.82, 2.24) is 9.80 Å². The van der Waals surface area contributed by atoms with E-state index in [1.165, 1.54) is 16.7 Å². The number of piperazine rings is 1. The highest BCUT2D eigenvalue weighted by atomic mass is 35.5. The Labute approximate surface area is 148 Å². The third-order valence-electron chi connectivity index (χ3n) is 5.47. The average Bonchev–Trinajstić information content (AvgIpc) is 2.72. The fourth-order valence-corrected chi connectivity index (χ4v) is 4.35. The van der Waals surface area contributed by atoms with Crippen molar-refractivity contribution >= 4 is 11.6 Å². The SMILES string of the molecule is CN1CCN2CC(c3ccccc3)c3cc(O)c(Cl)cc3CC2C1. The summed E-state index contributed by atoms with van der Waals surface area (Å²) in [5.41, 5.74) is 3.80. The normalized spacial score (nSPS) is 24.9. The van der Waals surface area contributed by atoms with Crippen molar-refractivity contribution in [3.05, 3.63) is 64.2 Å². The molecule has 2 aliphatic rings. The number of rotatable bonds is 1. The van der Waals surface area contributed by atoms with Crippen LogP contribution in [0, 0.1) is 0 Å². The van der Waals surface area contributed by atoms with Crippen molar-refractivity contribution in [2.75, 3.05) is 33.2 Å². The van der Waals surface area contributed by atoms with Crippen LogP contribution < -0.4 is 0 Å². The molecule has 1 saturated heterocycles. The topological polar surface area (TPSA) is 26.7 Å². The van der Waals surface area contributed by atoms with E-state index in [9.17, 15) is 5.11 Å². The lowest BCUT2D eigenvalue weighted by Gasteiger charge is -2.40. The van der Waals surface area contributed by atoms with E-state index < -0.39 is 0 Å². The van der Waals surface area contributed by atoms with Gasteiger partial charge in [-0.1, -0.05) is 41.9 Å². The summed E-state index contributed by atoms with van der Waals surface area (Å²) in [5.74, 6) is 0.464. The number of halogens is 1. The van der Waals surface area contributed by atoms with Gasteiger partial charge >= 0.3 is 0 Å². The summed E-state index contributed by atoms with van der Waals surface area (Å²) in [5, 5.41) is 10.6. The van der Waals surface area contributed by atoms with Crippen LogP contribution in [0.1, 0.15) is 22.6 Å². The van der Waals surface area contributed by atoms with Crippen LogP contribution in [0.5, 0.6) is 5.75 Å². The van der Waals surface area contributed by atoms with Gasteiger partial charge in [-0.05, 0) is 42.3 Å². The molecule has 0 bridgehead atoms. The number of aromatic hydroxyl groups is 1. The van der Waals surface area contributed by atoms with Crippen LogP contribution in [0.4, 0.5) is 0 Å². The monoisotopic (exact) mass is 342 g/mol. The number of hydrogen-bond donors (Lipinski definition) is 1. The van der Waals surface area contributed by atoms with E-state index in [-0.39, 0.29) is 11.7 Å². The molecule has 0 aliphatic carbocycles. The van der Waals surface area contributed by atoms with Gasteiger partial charge in [0.05, 0.1) is 5.02 Å². The van der Waals surface area contributed by atoms with Crippen molar-refractivity contribution in [1.29, 1.82) is 0 Å². The zero-order chi connectivity index (χ0) is 16.7. The van der Waals surface area contributed by atoms with E-state index in [2.05, 4.69) is 47.2 Å². The molecule has 0 radical (unpaired) electrons. The molecule has 0 amide bonds. The molecule has 2 aromatic carbocycles. The average molecular weight is 343 g/mol. The standard InChI is InChI=1S/C20H23ClN2O/c1-22-7-8-23-13-18(14-5-3-2-4-6-14)17-11-20(24)19(21)10-15(17)9-16(23)12-22/h2-6,10-11,16,18,24H,7-9,12-13H2,1H3. The van der Waals surface area contributed by atoms with Gasteiger partial charge in [-0.3, -0.25) is 4.90 Å². The van der Waals surface area contributed by atoms with E-state index in [0.717, 1.165) is 32.6 Å². The first-order valence-electron chi connectivity index (χ1n) is 8.60. The van der Waals surface area contributed by atoms with Crippen LogP contribution in [0.3, 0.4) is 0 Å². The molecule has 2 aromatic rings. The molecule has 0 spiro atoms. The largest absolute Gasteiger partial charge is 0.506 e. The quantitative estimate of drug-likeness (QED) is 0.861. The number of benzene rings is 2. The summed E-state index contributed by atoms with van der Waals surface area (Å²) >= 11 is 6.22. The zero-order valence-corrected chi connectivity index (χ0v) is 14.7. The van der Waals surface area contributed by atoms with Gasteiger partial charge in [0.2, 0.25) is 0 Å². The highest BCUT2D eigenvalue weighted by molar-refractivity contribution is 6.32. The molecule has 24 heavy (non-hydrogen) atoms. The molecule has 2 aliphatic heterocycles. The summed E-state index contributed by atoms with van der Waals surface area (Å²) in [4.78, 5) is 5.02. The Hall–Kier alpha value is -1.55. The fourth-order valence-electron chi connectivity index (χ4n) is 4.16. The molecule has 2 atom stereocenters. The third kappa shape index (κ3) is 2.92. The lowest BCUT2D eigenvalue weighted by molar-refractivity contribution is 0.0913. The van der Waals surface area contributed by atoms with Crippen LogP contribution in [0.2, 0.25) is 5.02 Å².